The molecule has 1 aliphatic rings. The Morgan fingerprint density at radius 2 is 1.92 bits per heavy atom. The van der Waals surface area contributed by atoms with Crippen LogP contribution in [0.4, 0.5) is 5.69 Å². The van der Waals surface area contributed by atoms with Crippen molar-refractivity contribution in [2.75, 3.05) is 32.1 Å². The molecule has 5 nitrogen and oxygen atoms in total. The topological polar surface area (TPSA) is 50.8 Å². The standard InChI is InChI=1S/C20H23ClN2O3/c1-14(16-6-3-4-7-17(16)21)23(2)13-20(24)22-15-8-9-18-19(12-15)26-11-5-10-25-18/h3-4,6-9,12,14H,5,10-11,13H2,1-2H3,(H,22,24). The van der Waals surface area contributed by atoms with Gasteiger partial charge < -0.3 is 14.8 Å². The van der Waals surface area contributed by atoms with E-state index >= 15 is 0 Å². The minimum atomic E-state index is -0.0964. The van der Waals surface area contributed by atoms with Crippen molar-refractivity contribution in [1.82, 2.24) is 4.90 Å². The molecule has 1 atom stereocenters. The molecule has 0 saturated carbocycles. The van der Waals surface area contributed by atoms with E-state index in [0.29, 0.717) is 35.4 Å². The van der Waals surface area contributed by atoms with Gasteiger partial charge in [-0.15, -0.1) is 0 Å². The van der Waals surface area contributed by atoms with E-state index in [0.717, 1.165) is 12.0 Å². The number of likely N-dealkylation sites (N-methyl/N-ethyl adjacent to an activating group) is 1. The summed E-state index contributed by atoms with van der Waals surface area (Å²) in [4.78, 5) is 14.4. The first-order valence-corrected chi connectivity index (χ1v) is 9.06. The van der Waals surface area contributed by atoms with Crippen molar-refractivity contribution in [2.24, 2.45) is 0 Å². The van der Waals surface area contributed by atoms with Crippen LogP contribution in [0.3, 0.4) is 0 Å². The summed E-state index contributed by atoms with van der Waals surface area (Å²) >= 11 is 6.26. The number of ether oxygens (including phenoxy) is 2. The predicted molar refractivity (Wildman–Crippen MR) is 103 cm³/mol. The van der Waals surface area contributed by atoms with E-state index in [9.17, 15) is 4.79 Å². The van der Waals surface area contributed by atoms with Crippen LogP contribution >= 0.6 is 11.6 Å². The molecule has 6 heteroatoms. The molecule has 1 amide bonds. The highest BCUT2D eigenvalue weighted by Crippen LogP contribution is 2.32. The molecule has 2 aromatic carbocycles. The molecule has 1 heterocycles. The van der Waals surface area contributed by atoms with Gasteiger partial charge in [0.15, 0.2) is 11.5 Å². The molecule has 0 spiro atoms. The summed E-state index contributed by atoms with van der Waals surface area (Å²) < 4.78 is 11.3. The van der Waals surface area contributed by atoms with E-state index < -0.39 is 0 Å². The van der Waals surface area contributed by atoms with Crippen molar-refractivity contribution in [3.05, 3.63) is 53.1 Å². The maximum absolute atomic E-state index is 12.4. The average molecular weight is 375 g/mol. The van der Waals surface area contributed by atoms with Crippen LogP contribution < -0.4 is 14.8 Å². The second-order valence-corrected chi connectivity index (χ2v) is 6.78. The van der Waals surface area contributed by atoms with Crippen LogP contribution in [0.15, 0.2) is 42.5 Å². The molecular weight excluding hydrogens is 352 g/mol. The molecule has 0 saturated heterocycles. The highest BCUT2D eigenvalue weighted by Gasteiger charge is 2.18. The van der Waals surface area contributed by atoms with Crippen molar-refractivity contribution >= 4 is 23.2 Å². The third-order valence-corrected chi connectivity index (χ3v) is 4.78. The van der Waals surface area contributed by atoms with Gasteiger partial charge in [-0.1, -0.05) is 29.8 Å². The average Bonchev–Trinajstić information content (AvgIpc) is 2.86. The lowest BCUT2D eigenvalue weighted by atomic mass is 10.1. The summed E-state index contributed by atoms with van der Waals surface area (Å²) in [5.74, 6) is 1.28. The summed E-state index contributed by atoms with van der Waals surface area (Å²) in [7, 11) is 1.90. The highest BCUT2D eigenvalue weighted by atomic mass is 35.5. The van der Waals surface area contributed by atoms with Gasteiger partial charge in [0.1, 0.15) is 0 Å². The molecule has 1 N–H and O–H groups in total. The molecule has 0 radical (unpaired) electrons. The summed E-state index contributed by atoms with van der Waals surface area (Å²) in [6.45, 7) is 3.54. The van der Waals surface area contributed by atoms with Gasteiger partial charge in [-0.3, -0.25) is 9.69 Å². The van der Waals surface area contributed by atoms with Crippen molar-refractivity contribution in [2.45, 2.75) is 19.4 Å². The molecule has 0 fully saturated rings. The first-order chi connectivity index (χ1) is 12.5. The maximum atomic E-state index is 12.4. The third kappa shape index (κ3) is 4.48. The predicted octanol–water partition coefficient (Wildman–Crippen LogP) is 4.13. The largest absolute Gasteiger partial charge is 0.490 e. The Kier molecular flexibility index (Phi) is 6.01. The fourth-order valence-corrected chi connectivity index (χ4v) is 3.15. The van der Waals surface area contributed by atoms with E-state index in [4.69, 9.17) is 21.1 Å². The van der Waals surface area contributed by atoms with Crippen molar-refractivity contribution in [3.8, 4) is 11.5 Å². The van der Waals surface area contributed by atoms with Gasteiger partial charge in [-0.2, -0.15) is 0 Å². The fourth-order valence-electron chi connectivity index (χ4n) is 2.86. The number of halogens is 1. The molecule has 0 bridgehead atoms. The Hall–Kier alpha value is -2.24. The van der Waals surface area contributed by atoms with Gasteiger partial charge in [-0.25, -0.2) is 0 Å². The fraction of sp³-hybridized carbons (Fsp3) is 0.350. The summed E-state index contributed by atoms with van der Waals surface area (Å²) in [5.41, 5.74) is 1.69. The Morgan fingerprint density at radius 1 is 1.19 bits per heavy atom. The number of anilines is 1. The van der Waals surface area contributed by atoms with Gasteiger partial charge in [-0.05, 0) is 37.7 Å². The lowest BCUT2D eigenvalue weighted by Crippen LogP contribution is -2.32. The van der Waals surface area contributed by atoms with Crippen LogP contribution in [0, 0.1) is 0 Å². The van der Waals surface area contributed by atoms with Gasteiger partial charge in [0.25, 0.3) is 0 Å². The van der Waals surface area contributed by atoms with Gasteiger partial charge in [0, 0.05) is 29.2 Å². The third-order valence-electron chi connectivity index (χ3n) is 4.44. The van der Waals surface area contributed by atoms with Crippen LogP contribution in [0.5, 0.6) is 11.5 Å². The minimum Gasteiger partial charge on any atom is -0.490 e. The number of rotatable bonds is 5. The van der Waals surface area contributed by atoms with Gasteiger partial charge in [0.05, 0.1) is 19.8 Å². The van der Waals surface area contributed by atoms with Gasteiger partial charge in [0.2, 0.25) is 5.91 Å². The van der Waals surface area contributed by atoms with Crippen molar-refractivity contribution in [1.29, 1.82) is 0 Å². The molecule has 138 valence electrons. The Morgan fingerprint density at radius 3 is 2.69 bits per heavy atom. The van der Waals surface area contributed by atoms with E-state index in [1.165, 1.54) is 0 Å². The number of fused-ring (bicyclic) bond motifs is 1. The SMILES string of the molecule is CC(c1ccccc1Cl)N(C)CC(=O)Nc1ccc2c(c1)OCCCO2. The number of nitrogens with one attached hydrogen (secondary N) is 1. The monoisotopic (exact) mass is 374 g/mol. The summed E-state index contributed by atoms with van der Waals surface area (Å²) in [6.07, 6.45) is 0.848. The minimum absolute atomic E-state index is 0.0261. The van der Waals surface area contributed by atoms with Crippen LogP contribution in [0.1, 0.15) is 24.9 Å². The Labute approximate surface area is 158 Å². The van der Waals surface area contributed by atoms with E-state index in [-0.39, 0.29) is 18.5 Å². The maximum Gasteiger partial charge on any atom is 0.238 e. The molecule has 1 unspecified atom stereocenters. The molecule has 1 aliphatic heterocycles. The zero-order valence-electron chi connectivity index (χ0n) is 15.0. The number of hydrogen-bond acceptors (Lipinski definition) is 4. The second kappa shape index (κ2) is 8.43. The molecule has 3 rings (SSSR count). The van der Waals surface area contributed by atoms with E-state index in [1.807, 2.05) is 55.3 Å². The second-order valence-electron chi connectivity index (χ2n) is 6.37. The lowest BCUT2D eigenvalue weighted by molar-refractivity contribution is -0.117. The normalized spacial score (nSPS) is 14.6. The summed E-state index contributed by atoms with van der Waals surface area (Å²) in [6, 6.07) is 13.2. The Bertz CT molecular complexity index is 781. The molecule has 0 aromatic heterocycles. The smallest absolute Gasteiger partial charge is 0.238 e. The van der Waals surface area contributed by atoms with Gasteiger partial charge >= 0.3 is 0 Å². The number of benzene rings is 2. The van der Waals surface area contributed by atoms with Crippen molar-refractivity contribution < 1.29 is 14.3 Å². The van der Waals surface area contributed by atoms with Crippen LogP contribution in [0.2, 0.25) is 5.02 Å². The first kappa shape index (κ1) is 18.5. The van der Waals surface area contributed by atoms with Crippen LogP contribution in [-0.2, 0) is 4.79 Å². The van der Waals surface area contributed by atoms with Crippen LogP contribution in [-0.4, -0.2) is 37.6 Å². The lowest BCUT2D eigenvalue weighted by Gasteiger charge is -2.25. The number of carbonyl (C=O) groups is 1. The zero-order chi connectivity index (χ0) is 18.5. The molecule has 2 aromatic rings. The first-order valence-electron chi connectivity index (χ1n) is 8.69. The number of nitrogens with zero attached hydrogens (tertiary/aromatic N) is 1. The summed E-state index contributed by atoms with van der Waals surface area (Å²) in [5, 5.41) is 3.62. The highest BCUT2D eigenvalue weighted by molar-refractivity contribution is 6.31. The quantitative estimate of drug-likeness (QED) is 0.854. The molecular formula is C20H23ClN2O3. The number of amides is 1. The van der Waals surface area contributed by atoms with Crippen LogP contribution in [0.25, 0.3) is 0 Å². The Balaban J connectivity index is 1.62. The van der Waals surface area contributed by atoms with E-state index in [1.54, 1.807) is 6.07 Å². The molecule has 0 aliphatic carbocycles. The zero-order valence-corrected chi connectivity index (χ0v) is 15.8. The number of carbonyl (C=O) groups excluding carboxylic acids is 1. The number of hydrogen-bond donors (Lipinski definition) is 1. The van der Waals surface area contributed by atoms with Crippen molar-refractivity contribution in [3.63, 3.8) is 0 Å². The van der Waals surface area contributed by atoms with E-state index in [2.05, 4.69) is 5.32 Å². The molecule has 26 heavy (non-hydrogen) atoms.